The highest BCUT2D eigenvalue weighted by molar-refractivity contribution is 5.81. The van der Waals surface area contributed by atoms with Gasteiger partial charge >= 0.3 is 0 Å². The smallest absolute Gasteiger partial charge is 0.247 e. The molecule has 2 saturated carbocycles. The number of rotatable bonds is 1. The lowest BCUT2D eigenvalue weighted by Crippen LogP contribution is -2.25. The summed E-state index contributed by atoms with van der Waals surface area (Å²) in [6, 6.07) is 0. The van der Waals surface area contributed by atoms with E-state index in [4.69, 9.17) is 5.21 Å². The zero-order valence-electron chi connectivity index (χ0n) is 7.76. The van der Waals surface area contributed by atoms with Crippen molar-refractivity contribution < 1.29 is 10.0 Å². The van der Waals surface area contributed by atoms with E-state index in [1.54, 1.807) is 5.48 Å². The van der Waals surface area contributed by atoms with Crippen molar-refractivity contribution >= 4 is 5.91 Å². The molecule has 0 aromatic carbocycles. The minimum atomic E-state index is -0.193. The number of nitrogens with one attached hydrogen (secondary N) is 1. The zero-order chi connectivity index (χ0) is 9.71. The second-order valence-corrected chi connectivity index (χ2v) is 4.49. The molecule has 14 heavy (non-hydrogen) atoms. The maximum Gasteiger partial charge on any atom is 0.247 e. The number of carbonyl (C=O) groups is 1. The summed E-state index contributed by atoms with van der Waals surface area (Å²) in [4.78, 5) is 11.3. The molecule has 5 unspecified atom stereocenters. The number of hydrogen-bond donors (Lipinski definition) is 2. The van der Waals surface area contributed by atoms with Gasteiger partial charge < -0.3 is 0 Å². The van der Waals surface area contributed by atoms with Crippen LogP contribution < -0.4 is 5.48 Å². The average Bonchev–Trinajstić information content (AvgIpc) is 2.81. The molecule has 3 heteroatoms. The van der Waals surface area contributed by atoms with Crippen molar-refractivity contribution in [2.75, 3.05) is 0 Å². The Morgan fingerprint density at radius 1 is 1.36 bits per heavy atom. The molecule has 0 aromatic rings. The van der Waals surface area contributed by atoms with Gasteiger partial charge in [-0.2, -0.15) is 0 Å². The van der Waals surface area contributed by atoms with E-state index in [1.165, 1.54) is 0 Å². The number of carbonyl (C=O) groups excluding carboxylic acids is 1. The molecule has 0 bridgehead atoms. The van der Waals surface area contributed by atoms with Crippen LogP contribution in [0.5, 0.6) is 0 Å². The summed E-state index contributed by atoms with van der Waals surface area (Å²) in [5.41, 5.74) is 1.77. The Labute approximate surface area is 82.5 Å². The van der Waals surface area contributed by atoms with Crippen molar-refractivity contribution in [1.82, 2.24) is 5.48 Å². The van der Waals surface area contributed by atoms with Gasteiger partial charge in [0.2, 0.25) is 5.91 Å². The SMILES string of the molecule is O=C(NO)C1C2CC3C=CC=CC3C21. The minimum absolute atomic E-state index is 0.0670. The van der Waals surface area contributed by atoms with Crippen LogP contribution in [0.25, 0.3) is 0 Å². The highest BCUT2D eigenvalue weighted by Crippen LogP contribution is 2.63. The molecule has 0 aliphatic heterocycles. The quantitative estimate of drug-likeness (QED) is 0.482. The highest BCUT2D eigenvalue weighted by atomic mass is 16.5. The average molecular weight is 191 g/mol. The van der Waals surface area contributed by atoms with Crippen molar-refractivity contribution in [3.05, 3.63) is 24.3 Å². The van der Waals surface area contributed by atoms with Crippen LogP contribution in [0.3, 0.4) is 0 Å². The predicted octanol–water partition coefficient (Wildman–Crippen LogP) is 1.12. The van der Waals surface area contributed by atoms with E-state index in [2.05, 4.69) is 24.3 Å². The Kier molecular flexibility index (Phi) is 1.59. The summed E-state index contributed by atoms with van der Waals surface area (Å²) in [5, 5.41) is 8.56. The predicted molar refractivity (Wildman–Crippen MR) is 50.3 cm³/mol. The number of fused-ring (bicyclic) bond motifs is 3. The minimum Gasteiger partial charge on any atom is -0.289 e. The number of allylic oxidation sites excluding steroid dienone is 4. The molecule has 1 amide bonds. The highest BCUT2D eigenvalue weighted by Gasteiger charge is 2.63. The molecule has 5 atom stereocenters. The van der Waals surface area contributed by atoms with Gasteiger partial charge in [-0.1, -0.05) is 24.3 Å². The summed E-state index contributed by atoms with van der Waals surface area (Å²) in [7, 11) is 0. The lowest BCUT2D eigenvalue weighted by Gasteiger charge is -2.19. The van der Waals surface area contributed by atoms with Gasteiger partial charge in [0, 0.05) is 5.92 Å². The molecule has 2 fully saturated rings. The summed E-state index contributed by atoms with van der Waals surface area (Å²) < 4.78 is 0. The third-order valence-electron chi connectivity index (χ3n) is 3.93. The van der Waals surface area contributed by atoms with Crippen LogP contribution in [0.1, 0.15) is 6.42 Å². The molecule has 0 heterocycles. The Hall–Kier alpha value is -1.09. The second-order valence-electron chi connectivity index (χ2n) is 4.49. The van der Waals surface area contributed by atoms with E-state index in [1.807, 2.05) is 0 Å². The number of hydroxylamine groups is 1. The molecule has 0 aromatic heterocycles. The van der Waals surface area contributed by atoms with Crippen molar-refractivity contribution in [1.29, 1.82) is 0 Å². The maximum absolute atomic E-state index is 11.3. The first-order valence-corrected chi connectivity index (χ1v) is 5.12. The summed E-state index contributed by atoms with van der Waals surface area (Å²) >= 11 is 0. The Morgan fingerprint density at radius 2 is 2.14 bits per heavy atom. The number of hydrogen-bond acceptors (Lipinski definition) is 2. The van der Waals surface area contributed by atoms with Gasteiger partial charge in [0.25, 0.3) is 0 Å². The molecule has 2 N–H and O–H groups in total. The van der Waals surface area contributed by atoms with Gasteiger partial charge in [-0.25, -0.2) is 5.48 Å². The van der Waals surface area contributed by atoms with Gasteiger partial charge in [-0.3, -0.25) is 10.0 Å². The van der Waals surface area contributed by atoms with E-state index >= 15 is 0 Å². The van der Waals surface area contributed by atoms with Crippen LogP contribution >= 0.6 is 0 Å². The van der Waals surface area contributed by atoms with E-state index in [9.17, 15) is 4.79 Å². The molecule has 3 rings (SSSR count). The lowest BCUT2D eigenvalue weighted by molar-refractivity contribution is -0.131. The fourth-order valence-electron chi connectivity index (χ4n) is 3.31. The molecular weight excluding hydrogens is 178 g/mol. The lowest BCUT2D eigenvalue weighted by atomic mass is 9.85. The monoisotopic (exact) mass is 191 g/mol. The van der Waals surface area contributed by atoms with Gasteiger partial charge in [-0.05, 0) is 30.1 Å². The molecule has 3 aliphatic rings. The van der Waals surface area contributed by atoms with E-state index in [0.29, 0.717) is 23.7 Å². The second kappa shape index (κ2) is 2.70. The van der Waals surface area contributed by atoms with Crippen LogP contribution in [0.4, 0.5) is 0 Å². The van der Waals surface area contributed by atoms with Crippen LogP contribution in [0.15, 0.2) is 24.3 Å². The van der Waals surface area contributed by atoms with Crippen molar-refractivity contribution in [2.45, 2.75) is 6.42 Å². The van der Waals surface area contributed by atoms with Crippen LogP contribution in [0, 0.1) is 29.6 Å². The molecule has 0 saturated heterocycles. The largest absolute Gasteiger partial charge is 0.289 e. The molecule has 0 spiro atoms. The number of amides is 1. The standard InChI is InChI=1S/C11H13NO2/c13-11(12-14)10-8-5-6-3-1-2-4-7(6)9(8)10/h1-4,6-10,14H,5H2,(H,12,13). The van der Waals surface area contributed by atoms with Crippen LogP contribution in [-0.4, -0.2) is 11.1 Å². The first kappa shape index (κ1) is 8.24. The van der Waals surface area contributed by atoms with Gasteiger partial charge in [0.15, 0.2) is 0 Å². The third-order valence-corrected chi connectivity index (χ3v) is 3.93. The molecule has 3 nitrogen and oxygen atoms in total. The third kappa shape index (κ3) is 0.932. The van der Waals surface area contributed by atoms with E-state index in [-0.39, 0.29) is 11.8 Å². The van der Waals surface area contributed by atoms with Gasteiger partial charge in [0.05, 0.1) is 0 Å². The van der Waals surface area contributed by atoms with E-state index in [0.717, 1.165) is 6.42 Å². The summed E-state index contributed by atoms with van der Waals surface area (Å²) in [6.07, 6.45) is 9.71. The van der Waals surface area contributed by atoms with Crippen molar-refractivity contribution in [3.63, 3.8) is 0 Å². The molecule has 74 valence electrons. The summed E-state index contributed by atoms with van der Waals surface area (Å²) in [5.74, 6) is 2.03. The topological polar surface area (TPSA) is 49.3 Å². The molecule has 0 radical (unpaired) electrons. The van der Waals surface area contributed by atoms with Crippen molar-refractivity contribution in [3.8, 4) is 0 Å². The van der Waals surface area contributed by atoms with Crippen LogP contribution in [-0.2, 0) is 4.79 Å². The van der Waals surface area contributed by atoms with Crippen molar-refractivity contribution in [2.24, 2.45) is 29.6 Å². The summed E-state index contributed by atoms with van der Waals surface area (Å²) in [6.45, 7) is 0. The van der Waals surface area contributed by atoms with Gasteiger partial charge in [0.1, 0.15) is 0 Å². The molecular formula is C11H13NO2. The Bertz CT molecular complexity index is 334. The fraction of sp³-hybridized carbons (Fsp3) is 0.545. The zero-order valence-corrected chi connectivity index (χ0v) is 7.76. The normalized spacial score (nSPS) is 47.1. The van der Waals surface area contributed by atoms with E-state index < -0.39 is 0 Å². The Balaban J connectivity index is 1.77. The fourth-order valence-corrected chi connectivity index (χ4v) is 3.31. The van der Waals surface area contributed by atoms with Gasteiger partial charge in [-0.15, -0.1) is 0 Å². The first-order chi connectivity index (χ1) is 6.83. The Morgan fingerprint density at radius 3 is 2.93 bits per heavy atom. The first-order valence-electron chi connectivity index (χ1n) is 5.12. The van der Waals surface area contributed by atoms with Crippen LogP contribution in [0.2, 0.25) is 0 Å². The maximum atomic E-state index is 11.3. The molecule has 3 aliphatic carbocycles.